The van der Waals surface area contributed by atoms with Crippen molar-refractivity contribution in [1.82, 2.24) is 0 Å². The van der Waals surface area contributed by atoms with E-state index in [-0.39, 0.29) is 22.4 Å². The molecule has 2 unspecified atom stereocenters. The van der Waals surface area contributed by atoms with Gasteiger partial charge in [0.2, 0.25) is 0 Å². The van der Waals surface area contributed by atoms with Gasteiger partial charge in [-0.2, -0.15) is 0 Å². The van der Waals surface area contributed by atoms with E-state index in [1.807, 2.05) is 55.4 Å². The van der Waals surface area contributed by atoms with Crippen LogP contribution in [0.25, 0.3) is 0 Å². The molecule has 20 heavy (non-hydrogen) atoms. The molecule has 4 heteroatoms. The predicted molar refractivity (Wildman–Crippen MR) is 79.1 cm³/mol. The Hall–Kier alpha value is -0.160. The van der Waals surface area contributed by atoms with Crippen molar-refractivity contribution in [3.63, 3.8) is 0 Å². The van der Waals surface area contributed by atoms with Crippen molar-refractivity contribution >= 4 is 0 Å². The number of rotatable bonds is 6. The summed E-state index contributed by atoms with van der Waals surface area (Å²) in [4.78, 5) is 22.1. The summed E-state index contributed by atoms with van der Waals surface area (Å²) in [6.07, 6.45) is 1.87. The molecule has 4 nitrogen and oxygen atoms in total. The Balaban J connectivity index is 2.39. The van der Waals surface area contributed by atoms with Gasteiger partial charge in [-0.15, -0.1) is 0 Å². The molecule has 0 aromatic rings. The van der Waals surface area contributed by atoms with E-state index in [2.05, 4.69) is 6.92 Å². The fraction of sp³-hybridized carbons (Fsp3) is 1.00. The summed E-state index contributed by atoms with van der Waals surface area (Å²) < 4.78 is 0. The minimum Gasteiger partial charge on any atom is -0.230 e. The van der Waals surface area contributed by atoms with Crippen LogP contribution in [0.3, 0.4) is 0 Å². The molecule has 0 aromatic carbocycles. The third-order valence-corrected chi connectivity index (χ3v) is 3.09. The zero-order valence-electron chi connectivity index (χ0n) is 14.6. The Morgan fingerprint density at radius 2 is 1.35 bits per heavy atom. The zero-order valence-corrected chi connectivity index (χ0v) is 14.6. The molecule has 1 saturated carbocycles. The predicted octanol–water partition coefficient (Wildman–Crippen LogP) is 4.43. The van der Waals surface area contributed by atoms with E-state index < -0.39 is 0 Å². The largest absolute Gasteiger partial charge is 0.230 e. The summed E-state index contributed by atoms with van der Waals surface area (Å²) in [7, 11) is 0. The van der Waals surface area contributed by atoms with E-state index in [4.69, 9.17) is 19.6 Å². The van der Waals surface area contributed by atoms with E-state index in [1.165, 1.54) is 0 Å². The second-order valence-electron chi connectivity index (χ2n) is 8.74. The fourth-order valence-corrected chi connectivity index (χ4v) is 1.91. The molecular weight excluding hydrogens is 256 g/mol. The summed E-state index contributed by atoms with van der Waals surface area (Å²) in [5.41, 5.74) is -1.11. The van der Waals surface area contributed by atoms with Gasteiger partial charge in [-0.25, -0.2) is 19.6 Å². The number of hydrogen-bond donors (Lipinski definition) is 0. The molecular formula is C16H32O4. The lowest BCUT2D eigenvalue weighted by molar-refractivity contribution is -0.402. The van der Waals surface area contributed by atoms with Gasteiger partial charge in [0.1, 0.15) is 5.60 Å². The first-order valence-corrected chi connectivity index (χ1v) is 7.46. The topological polar surface area (TPSA) is 36.9 Å². The zero-order chi connectivity index (χ0) is 15.8. The van der Waals surface area contributed by atoms with Crippen LogP contribution in [-0.4, -0.2) is 22.4 Å². The molecule has 0 aliphatic heterocycles. The lowest BCUT2D eigenvalue weighted by Crippen LogP contribution is -2.32. The van der Waals surface area contributed by atoms with Crippen LogP contribution in [-0.2, 0) is 19.6 Å². The summed E-state index contributed by atoms with van der Waals surface area (Å²) in [5.74, 6) is 0.434. The highest BCUT2D eigenvalue weighted by atomic mass is 17.2. The van der Waals surface area contributed by atoms with Gasteiger partial charge < -0.3 is 0 Å². The van der Waals surface area contributed by atoms with Gasteiger partial charge in [-0.3, -0.25) is 0 Å². The van der Waals surface area contributed by atoms with Gasteiger partial charge in [0.05, 0.1) is 16.8 Å². The van der Waals surface area contributed by atoms with E-state index in [1.54, 1.807) is 0 Å². The minimum atomic E-state index is -0.333. The average molecular weight is 288 g/mol. The molecule has 0 N–H and O–H groups in total. The Morgan fingerprint density at radius 3 is 1.80 bits per heavy atom. The minimum absolute atomic E-state index is 0.199. The van der Waals surface area contributed by atoms with E-state index >= 15 is 0 Å². The highest BCUT2D eigenvalue weighted by Crippen LogP contribution is 2.51. The maximum atomic E-state index is 5.61. The van der Waals surface area contributed by atoms with E-state index in [9.17, 15) is 0 Å². The van der Waals surface area contributed by atoms with Gasteiger partial charge in [0.15, 0.2) is 0 Å². The van der Waals surface area contributed by atoms with Gasteiger partial charge in [-0.1, -0.05) is 0 Å². The van der Waals surface area contributed by atoms with E-state index in [0.717, 1.165) is 12.8 Å². The summed E-state index contributed by atoms with van der Waals surface area (Å²) in [5, 5.41) is 0. The van der Waals surface area contributed by atoms with Crippen LogP contribution in [0.1, 0.15) is 75.2 Å². The van der Waals surface area contributed by atoms with Gasteiger partial charge >= 0.3 is 0 Å². The Morgan fingerprint density at radius 1 is 0.850 bits per heavy atom. The van der Waals surface area contributed by atoms with Crippen molar-refractivity contribution in [3.05, 3.63) is 0 Å². The average Bonchev–Trinajstić information content (AvgIpc) is 2.82. The molecule has 0 bridgehead atoms. The summed E-state index contributed by atoms with van der Waals surface area (Å²) in [6, 6.07) is 0. The standard InChI is InChI=1S/C16H32O4/c1-13(2,3)17-19-15(7,8)10-12-11-16(12,9)20-18-14(4,5)6/h12H,10-11H2,1-9H3. The molecule has 0 spiro atoms. The van der Waals surface area contributed by atoms with Gasteiger partial charge in [0.25, 0.3) is 0 Å². The quantitative estimate of drug-likeness (QED) is 0.535. The summed E-state index contributed by atoms with van der Waals surface area (Å²) in [6.45, 7) is 18.1. The SMILES string of the molecule is CC(C)(C)OOC(C)(C)CC1CC1(C)OOC(C)(C)C. The molecule has 0 heterocycles. The third-order valence-electron chi connectivity index (χ3n) is 3.09. The van der Waals surface area contributed by atoms with Crippen LogP contribution in [0.5, 0.6) is 0 Å². The highest BCUT2D eigenvalue weighted by Gasteiger charge is 2.55. The number of hydrogen-bond acceptors (Lipinski definition) is 4. The van der Waals surface area contributed by atoms with Crippen molar-refractivity contribution in [3.8, 4) is 0 Å². The summed E-state index contributed by atoms with van der Waals surface area (Å²) >= 11 is 0. The fourth-order valence-electron chi connectivity index (χ4n) is 1.91. The molecule has 120 valence electrons. The molecule has 2 atom stereocenters. The Bertz CT molecular complexity index is 324. The molecule has 1 fully saturated rings. The monoisotopic (exact) mass is 288 g/mol. The van der Waals surface area contributed by atoms with Crippen molar-refractivity contribution in [2.75, 3.05) is 0 Å². The first-order valence-electron chi connectivity index (χ1n) is 7.46. The first kappa shape index (κ1) is 17.9. The lowest BCUT2D eigenvalue weighted by Gasteiger charge is -2.29. The molecule has 0 saturated heterocycles. The second kappa shape index (κ2) is 5.56. The van der Waals surface area contributed by atoms with Crippen molar-refractivity contribution < 1.29 is 19.6 Å². The van der Waals surface area contributed by atoms with Crippen LogP contribution in [0.2, 0.25) is 0 Å². The van der Waals surface area contributed by atoms with Crippen molar-refractivity contribution in [2.45, 2.75) is 97.6 Å². The molecule has 1 aliphatic carbocycles. The maximum absolute atomic E-state index is 5.61. The highest BCUT2D eigenvalue weighted by molar-refractivity contribution is 5.03. The van der Waals surface area contributed by atoms with Crippen LogP contribution >= 0.6 is 0 Å². The van der Waals surface area contributed by atoms with Crippen LogP contribution in [0.15, 0.2) is 0 Å². The normalized spacial score (nSPS) is 27.8. The molecule has 0 aromatic heterocycles. The maximum Gasteiger partial charge on any atom is 0.104 e. The van der Waals surface area contributed by atoms with Crippen molar-refractivity contribution in [2.24, 2.45) is 5.92 Å². The van der Waals surface area contributed by atoms with Gasteiger partial charge in [0, 0.05) is 0 Å². The second-order valence-corrected chi connectivity index (χ2v) is 8.74. The molecule has 0 radical (unpaired) electrons. The van der Waals surface area contributed by atoms with Crippen LogP contribution in [0.4, 0.5) is 0 Å². The van der Waals surface area contributed by atoms with Crippen LogP contribution < -0.4 is 0 Å². The molecule has 0 amide bonds. The molecule has 1 rings (SSSR count). The smallest absolute Gasteiger partial charge is 0.104 e. The van der Waals surface area contributed by atoms with E-state index in [0.29, 0.717) is 5.92 Å². The van der Waals surface area contributed by atoms with Crippen LogP contribution in [0, 0.1) is 5.92 Å². The Kier molecular flexibility index (Phi) is 4.97. The molecule has 1 aliphatic rings. The Labute approximate surface area is 124 Å². The van der Waals surface area contributed by atoms with Crippen molar-refractivity contribution in [1.29, 1.82) is 0 Å². The van der Waals surface area contributed by atoms with Gasteiger partial charge in [-0.05, 0) is 81.1 Å². The lowest BCUT2D eigenvalue weighted by atomic mass is 10.0. The first-order chi connectivity index (χ1) is 8.73. The third kappa shape index (κ3) is 6.53.